The molecule has 6 heteroatoms. The van der Waals surface area contributed by atoms with Crippen molar-refractivity contribution in [1.82, 2.24) is 25.5 Å². The fraction of sp³-hybridized carbons (Fsp3) is 0.152. The quantitative estimate of drug-likeness (QED) is 0.172. The van der Waals surface area contributed by atoms with Crippen molar-refractivity contribution < 1.29 is 4.39 Å². The van der Waals surface area contributed by atoms with Crippen molar-refractivity contribution >= 4 is 27.4 Å². The lowest BCUT2D eigenvalue weighted by Crippen LogP contribution is -2.12. The van der Waals surface area contributed by atoms with Crippen LogP contribution in [0.4, 0.5) is 4.39 Å². The van der Waals surface area contributed by atoms with E-state index < -0.39 is 0 Å². The lowest BCUT2D eigenvalue weighted by Gasteiger charge is -2.13. The van der Waals surface area contributed by atoms with Crippen molar-refractivity contribution in [3.8, 4) is 22.6 Å². The van der Waals surface area contributed by atoms with Gasteiger partial charge < -0.3 is 10.3 Å². The second-order valence-electron chi connectivity index (χ2n) is 10.0. The van der Waals surface area contributed by atoms with E-state index >= 15 is 0 Å². The number of hydrogen-bond donors (Lipinski definition) is 3. The molecule has 0 aliphatic carbocycles. The number of aromatic amines is 2. The van der Waals surface area contributed by atoms with Gasteiger partial charge in [-0.2, -0.15) is 5.10 Å². The first-order chi connectivity index (χ1) is 18.9. The summed E-state index contributed by atoms with van der Waals surface area (Å²) >= 11 is 0. The molecular weight excluding hydrogens is 485 g/mol. The molecule has 39 heavy (non-hydrogen) atoms. The van der Waals surface area contributed by atoms with Gasteiger partial charge >= 0.3 is 0 Å². The van der Waals surface area contributed by atoms with Gasteiger partial charge in [0.15, 0.2) is 0 Å². The molecule has 0 fully saturated rings. The van der Waals surface area contributed by atoms with E-state index in [9.17, 15) is 4.39 Å². The number of aromatic nitrogens is 4. The summed E-state index contributed by atoms with van der Waals surface area (Å²) in [5.74, 6) is 0.248. The van der Waals surface area contributed by atoms with Crippen LogP contribution in [0, 0.1) is 11.7 Å². The summed E-state index contributed by atoms with van der Waals surface area (Å²) in [5, 5.41) is 13.2. The van der Waals surface area contributed by atoms with Crippen LogP contribution in [0.2, 0.25) is 0 Å². The van der Waals surface area contributed by atoms with E-state index in [1.54, 1.807) is 18.3 Å². The fourth-order valence-corrected chi connectivity index (χ4v) is 4.81. The molecule has 0 aliphatic rings. The van der Waals surface area contributed by atoms with Crippen molar-refractivity contribution in [2.24, 2.45) is 5.92 Å². The van der Waals surface area contributed by atoms with Crippen molar-refractivity contribution in [3.63, 3.8) is 0 Å². The lowest BCUT2D eigenvalue weighted by atomic mass is 10.0. The number of nitrogens with one attached hydrogen (secondary N) is 3. The average molecular weight is 518 g/mol. The van der Waals surface area contributed by atoms with Crippen LogP contribution in [0.1, 0.15) is 32.8 Å². The van der Waals surface area contributed by atoms with Gasteiger partial charge in [-0.05, 0) is 91.1 Å². The van der Waals surface area contributed by atoms with Gasteiger partial charge in [-0.3, -0.25) is 10.1 Å². The Morgan fingerprint density at radius 1 is 1.03 bits per heavy atom. The highest BCUT2D eigenvalue weighted by atomic mass is 19.1. The number of benzene rings is 2. The Balaban J connectivity index is 1.52. The molecule has 0 spiro atoms. The van der Waals surface area contributed by atoms with Gasteiger partial charge in [0, 0.05) is 39.4 Å². The molecule has 0 radical (unpaired) electrons. The van der Waals surface area contributed by atoms with Gasteiger partial charge in [0.05, 0.1) is 16.9 Å². The van der Waals surface area contributed by atoms with Crippen molar-refractivity contribution in [2.75, 3.05) is 0 Å². The second kappa shape index (κ2) is 11.0. The Bertz CT molecular complexity index is 1730. The second-order valence-corrected chi connectivity index (χ2v) is 10.0. The molecule has 0 saturated heterocycles. The number of nitrogens with zero attached hydrogens (tertiary/aromatic N) is 2. The summed E-state index contributed by atoms with van der Waals surface area (Å²) in [6, 6.07) is 16.7. The number of pyridine rings is 1. The Morgan fingerprint density at radius 2 is 1.79 bits per heavy atom. The number of fused-ring (bicyclic) bond motifs is 2. The maximum atomic E-state index is 13.5. The lowest BCUT2D eigenvalue weighted by molar-refractivity contribution is 0.622. The van der Waals surface area contributed by atoms with E-state index in [0.29, 0.717) is 5.92 Å². The molecule has 196 valence electrons. The summed E-state index contributed by atoms with van der Waals surface area (Å²) in [7, 11) is 0. The Morgan fingerprint density at radius 3 is 2.51 bits per heavy atom. The third kappa shape index (κ3) is 5.46. The predicted molar refractivity (Wildman–Crippen MR) is 160 cm³/mol. The molecule has 0 atom stereocenters. The average Bonchev–Trinajstić information content (AvgIpc) is 3.54. The van der Waals surface area contributed by atoms with Gasteiger partial charge in [-0.15, -0.1) is 0 Å². The number of halogens is 1. The third-order valence-electron chi connectivity index (χ3n) is 6.63. The zero-order valence-corrected chi connectivity index (χ0v) is 22.5. The SMILES string of the molecule is C=C/C(=C\C(=C/C)c1ccc2[nH]nc(-c3cc4c(-c5ccc(F)cc5)nccc4[nH]3)c2c1)NC(=C)CC(C)C. The summed E-state index contributed by atoms with van der Waals surface area (Å²) < 4.78 is 13.5. The van der Waals surface area contributed by atoms with Crippen LogP contribution in [0.3, 0.4) is 0 Å². The monoisotopic (exact) mass is 517 g/mol. The van der Waals surface area contributed by atoms with Crippen LogP contribution >= 0.6 is 0 Å². The molecule has 2 aromatic carbocycles. The van der Waals surface area contributed by atoms with E-state index in [2.05, 4.69) is 82.8 Å². The molecule has 5 nitrogen and oxygen atoms in total. The van der Waals surface area contributed by atoms with Gasteiger partial charge in [0.2, 0.25) is 0 Å². The minimum absolute atomic E-state index is 0.272. The van der Waals surface area contributed by atoms with E-state index in [-0.39, 0.29) is 5.82 Å². The molecule has 5 rings (SSSR count). The number of H-pyrrole nitrogens is 2. The summed E-state index contributed by atoms with van der Waals surface area (Å²) in [4.78, 5) is 8.08. The van der Waals surface area contributed by atoms with Gasteiger partial charge in [-0.1, -0.05) is 39.1 Å². The minimum atomic E-state index is -0.272. The summed E-state index contributed by atoms with van der Waals surface area (Å²) in [5.41, 5.74) is 9.21. The molecule has 3 N–H and O–H groups in total. The number of allylic oxidation sites excluding steroid dienone is 5. The highest BCUT2D eigenvalue weighted by Gasteiger charge is 2.15. The highest BCUT2D eigenvalue weighted by Crippen LogP contribution is 2.34. The molecule has 0 amide bonds. The largest absolute Gasteiger partial charge is 0.359 e. The van der Waals surface area contributed by atoms with Crippen LogP contribution in [-0.4, -0.2) is 20.2 Å². The van der Waals surface area contributed by atoms with E-state index in [1.165, 1.54) is 12.1 Å². The summed E-state index contributed by atoms with van der Waals surface area (Å²) in [6.45, 7) is 14.5. The van der Waals surface area contributed by atoms with E-state index in [0.717, 1.165) is 73.4 Å². The number of hydrogen-bond acceptors (Lipinski definition) is 3. The van der Waals surface area contributed by atoms with Crippen LogP contribution in [0.15, 0.2) is 104 Å². The number of rotatable bonds is 9. The van der Waals surface area contributed by atoms with Crippen LogP contribution in [-0.2, 0) is 0 Å². The molecule has 0 aliphatic heterocycles. The first kappa shape index (κ1) is 25.9. The Labute approximate surface area is 227 Å². The van der Waals surface area contributed by atoms with Gasteiger partial charge in [0.1, 0.15) is 11.5 Å². The van der Waals surface area contributed by atoms with Crippen LogP contribution < -0.4 is 5.32 Å². The minimum Gasteiger partial charge on any atom is -0.359 e. The maximum Gasteiger partial charge on any atom is 0.123 e. The van der Waals surface area contributed by atoms with Gasteiger partial charge in [0.25, 0.3) is 0 Å². The van der Waals surface area contributed by atoms with Crippen molar-refractivity contribution in [2.45, 2.75) is 27.2 Å². The zero-order chi connectivity index (χ0) is 27.5. The molecular formula is C33H32FN5. The van der Waals surface area contributed by atoms with Crippen LogP contribution in [0.25, 0.3) is 50.0 Å². The third-order valence-corrected chi connectivity index (χ3v) is 6.63. The molecule has 0 saturated carbocycles. The first-order valence-corrected chi connectivity index (χ1v) is 13.0. The topological polar surface area (TPSA) is 69.4 Å². The standard InChI is InChI=1S/C33H32FN5/c1-6-22(17-26(7-2)36-21(5)16-20(3)4)24-10-13-30-27(18-24)33(39-38-30)31-19-28-29(37-31)14-15-35-32(28)23-8-11-25(34)12-9-23/h6-15,17-20,36-37H,2,5,16H2,1,3-4H3,(H,38,39)/b22-6+,26-17+. The predicted octanol–water partition coefficient (Wildman–Crippen LogP) is 8.53. The Hall–Kier alpha value is -4.71. The normalized spacial score (nSPS) is 12.4. The van der Waals surface area contributed by atoms with Crippen molar-refractivity contribution in [1.29, 1.82) is 0 Å². The molecule has 5 aromatic rings. The van der Waals surface area contributed by atoms with E-state index in [4.69, 9.17) is 0 Å². The fourth-order valence-electron chi connectivity index (χ4n) is 4.81. The van der Waals surface area contributed by atoms with Gasteiger partial charge in [-0.25, -0.2) is 4.39 Å². The van der Waals surface area contributed by atoms with E-state index in [1.807, 2.05) is 25.1 Å². The summed E-state index contributed by atoms with van der Waals surface area (Å²) in [6.07, 6.45) is 8.63. The smallest absolute Gasteiger partial charge is 0.123 e. The molecule has 0 unspecified atom stereocenters. The molecule has 3 aromatic heterocycles. The zero-order valence-electron chi connectivity index (χ0n) is 22.5. The first-order valence-electron chi connectivity index (χ1n) is 13.0. The Kier molecular flexibility index (Phi) is 7.28. The van der Waals surface area contributed by atoms with Crippen molar-refractivity contribution in [3.05, 3.63) is 115 Å². The maximum absolute atomic E-state index is 13.5. The molecule has 3 heterocycles. The highest BCUT2D eigenvalue weighted by molar-refractivity contribution is 6.00. The van der Waals surface area contributed by atoms with Crippen LogP contribution in [0.5, 0.6) is 0 Å². The molecule has 0 bridgehead atoms.